The molecule has 2 heterocycles. The molecular weight excluding hydrogens is 344 g/mol. The summed E-state index contributed by atoms with van der Waals surface area (Å²) in [6.07, 6.45) is 1.57. The maximum absolute atomic E-state index is 12.9. The Kier molecular flexibility index (Phi) is 5.22. The van der Waals surface area contributed by atoms with Gasteiger partial charge in [0, 0.05) is 22.7 Å². The van der Waals surface area contributed by atoms with E-state index in [0.717, 1.165) is 17.0 Å². The molecule has 7 heteroatoms. The number of rotatable bonds is 3. The number of fused-ring (bicyclic) bond motifs is 1. The first-order valence-corrected chi connectivity index (χ1v) is 11.0. The lowest BCUT2D eigenvalue weighted by Gasteiger charge is -2.28. The Morgan fingerprint density at radius 3 is 2.79 bits per heavy atom. The monoisotopic (exact) mass is 368 g/mol. The molecular formula is C17H24N2O3S2. The molecule has 3 rings (SSSR count). The van der Waals surface area contributed by atoms with E-state index in [9.17, 15) is 13.2 Å². The van der Waals surface area contributed by atoms with E-state index < -0.39 is 9.84 Å². The summed E-state index contributed by atoms with van der Waals surface area (Å²) in [5, 5.41) is 0.474. The molecule has 0 saturated carbocycles. The van der Waals surface area contributed by atoms with E-state index in [1.54, 1.807) is 0 Å². The molecule has 24 heavy (non-hydrogen) atoms. The number of amides is 1. The van der Waals surface area contributed by atoms with Crippen LogP contribution in [0.2, 0.25) is 0 Å². The van der Waals surface area contributed by atoms with E-state index in [1.165, 1.54) is 0 Å². The van der Waals surface area contributed by atoms with Crippen LogP contribution in [0.5, 0.6) is 0 Å². The molecule has 0 aromatic heterocycles. The molecule has 1 aromatic rings. The zero-order valence-corrected chi connectivity index (χ0v) is 15.8. The lowest BCUT2D eigenvalue weighted by atomic mass is 10.2. The Labute approximate surface area is 148 Å². The Bertz CT molecular complexity index is 720. The predicted molar refractivity (Wildman–Crippen MR) is 98.4 cm³/mol. The fourth-order valence-corrected chi connectivity index (χ4v) is 6.21. The fourth-order valence-electron chi connectivity index (χ4n) is 3.30. The summed E-state index contributed by atoms with van der Waals surface area (Å²) in [7, 11) is -1.08. The van der Waals surface area contributed by atoms with Gasteiger partial charge >= 0.3 is 0 Å². The Balaban J connectivity index is 1.73. The largest absolute Gasteiger partial charge is 0.310 e. The van der Waals surface area contributed by atoms with Gasteiger partial charge in [0.15, 0.2) is 9.84 Å². The standard InChI is InChI=1S/C17H24N2O3S2/c1-13-7-9-19(15-5-3-4-6-16(15)23-13)17(20)11-18(2)14-8-10-24(21,22)12-14/h3-6,13-14H,7-12H2,1-2H3/t13-,14+/m1/s1. The number of likely N-dealkylation sites (N-methyl/N-ethyl adjacent to an activating group) is 1. The van der Waals surface area contributed by atoms with E-state index in [0.29, 0.717) is 18.2 Å². The van der Waals surface area contributed by atoms with Crippen molar-refractivity contribution >= 4 is 33.2 Å². The van der Waals surface area contributed by atoms with Crippen molar-refractivity contribution in [3.8, 4) is 0 Å². The van der Waals surface area contributed by atoms with Crippen LogP contribution in [0.4, 0.5) is 5.69 Å². The van der Waals surface area contributed by atoms with Gasteiger partial charge in [-0.3, -0.25) is 9.69 Å². The third-order valence-corrected chi connectivity index (χ3v) is 7.75. The summed E-state index contributed by atoms with van der Waals surface area (Å²) < 4.78 is 23.3. The Hall–Kier alpha value is -1.05. The number of para-hydroxylation sites is 1. The molecule has 1 amide bonds. The van der Waals surface area contributed by atoms with Crippen molar-refractivity contribution in [2.24, 2.45) is 0 Å². The van der Waals surface area contributed by atoms with Crippen LogP contribution in [0.15, 0.2) is 29.2 Å². The number of carbonyl (C=O) groups excluding carboxylic acids is 1. The Morgan fingerprint density at radius 1 is 1.33 bits per heavy atom. The molecule has 2 aliphatic heterocycles. The van der Waals surface area contributed by atoms with Crippen LogP contribution in [-0.4, -0.2) is 62.2 Å². The maximum Gasteiger partial charge on any atom is 0.241 e. The first kappa shape index (κ1) is 17.8. The second kappa shape index (κ2) is 7.06. The van der Waals surface area contributed by atoms with Crippen molar-refractivity contribution in [1.29, 1.82) is 0 Å². The van der Waals surface area contributed by atoms with Crippen molar-refractivity contribution in [1.82, 2.24) is 4.90 Å². The summed E-state index contributed by atoms with van der Waals surface area (Å²) in [6, 6.07) is 7.98. The van der Waals surface area contributed by atoms with Crippen LogP contribution in [0.3, 0.4) is 0 Å². The molecule has 132 valence electrons. The third kappa shape index (κ3) is 3.95. The predicted octanol–water partition coefficient (Wildman–Crippen LogP) is 2.02. The third-order valence-electron chi connectivity index (χ3n) is 4.76. The SMILES string of the molecule is C[C@@H]1CCN(C(=O)CN(C)[C@H]2CCS(=O)(=O)C2)c2ccccc2S1. The summed E-state index contributed by atoms with van der Waals surface area (Å²) in [5.41, 5.74) is 0.976. The van der Waals surface area contributed by atoms with Crippen LogP contribution < -0.4 is 4.90 Å². The van der Waals surface area contributed by atoms with Crippen molar-refractivity contribution in [3.05, 3.63) is 24.3 Å². The quantitative estimate of drug-likeness (QED) is 0.817. The lowest BCUT2D eigenvalue weighted by molar-refractivity contribution is -0.119. The molecule has 1 saturated heterocycles. The van der Waals surface area contributed by atoms with Crippen LogP contribution in [0, 0.1) is 0 Å². The zero-order chi connectivity index (χ0) is 17.3. The first-order chi connectivity index (χ1) is 11.4. The van der Waals surface area contributed by atoms with Gasteiger partial charge in [0.2, 0.25) is 5.91 Å². The highest BCUT2D eigenvalue weighted by molar-refractivity contribution is 8.00. The number of nitrogens with zero attached hydrogens (tertiary/aromatic N) is 2. The van der Waals surface area contributed by atoms with Gasteiger partial charge in [-0.25, -0.2) is 8.42 Å². The van der Waals surface area contributed by atoms with E-state index in [2.05, 4.69) is 13.0 Å². The van der Waals surface area contributed by atoms with Gasteiger partial charge in [-0.15, -0.1) is 11.8 Å². The van der Waals surface area contributed by atoms with Crippen LogP contribution in [0.1, 0.15) is 19.8 Å². The molecule has 2 atom stereocenters. The number of benzene rings is 1. The summed E-state index contributed by atoms with van der Waals surface area (Å²) in [4.78, 5) is 17.8. The maximum atomic E-state index is 12.9. The average Bonchev–Trinajstić information content (AvgIpc) is 2.79. The molecule has 1 aromatic carbocycles. The highest BCUT2D eigenvalue weighted by Gasteiger charge is 2.32. The van der Waals surface area contributed by atoms with E-state index in [-0.39, 0.29) is 30.0 Å². The minimum atomic E-state index is -2.93. The van der Waals surface area contributed by atoms with Gasteiger partial charge < -0.3 is 4.90 Å². The normalized spacial score (nSPS) is 26.2. The smallest absolute Gasteiger partial charge is 0.241 e. The molecule has 0 N–H and O–H groups in total. The van der Waals surface area contributed by atoms with Gasteiger partial charge in [0.05, 0.1) is 23.7 Å². The minimum absolute atomic E-state index is 0.0453. The van der Waals surface area contributed by atoms with Crippen LogP contribution in [-0.2, 0) is 14.6 Å². The molecule has 0 radical (unpaired) electrons. The molecule has 0 bridgehead atoms. The minimum Gasteiger partial charge on any atom is -0.310 e. The van der Waals surface area contributed by atoms with Crippen LogP contribution in [0.25, 0.3) is 0 Å². The summed E-state index contributed by atoms with van der Waals surface area (Å²) in [6.45, 7) is 3.15. The topological polar surface area (TPSA) is 57.7 Å². The van der Waals surface area contributed by atoms with Crippen molar-refractivity contribution in [3.63, 3.8) is 0 Å². The molecule has 2 aliphatic rings. The van der Waals surface area contributed by atoms with Gasteiger partial charge in [-0.1, -0.05) is 19.1 Å². The van der Waals surface area contributed by atoms with E-state index >= 15 is 0 Å². The number of hydrogen-bond acceptors (Lipinski definition) is 5. The van der Waals surface area contributed by atoms with Gasteiger partial charge in [0.25, 0.3) is 0 Å². The first-order valence-electron chi connectivity index (χ1n) is 8.32. The van der Waals surface area contributed by atoms with Gasteiger partial charge in [-0.2, -0.15) is 0 Å². The van der Waals surface area contributed by atoms with Crippen molar-refractivity contribution < 1.29 is 13.2 Å². The number of hydrogen-bond donors (Lipinski definition) is 0. The molecule has 5 nitrogen and oxygen atoms in total. The van der Waals surface area contributed by atoms with Crippen molar-refractivity contribution in [2.75, 3.05) is 36.5 Å². The molecule has 0 unspecified atom stereocenters. The lowest BCUT2D eigenvalue weighted by Crippen LogP contribution is -2.43. The second-order valence-electron chi connectivity index (χ2n) is 6.70. The number of carbonyl (C=O) groups is 1. The molecule has 1 fully saturated rings. The number of anilines is 1. The van der Waals surface area contributed by atoms with E-state index in [4.69, 9.17) is 0 Å². The zero-order valence-electron chi connectivity index (χ0n) is 14.1. The highest BCUT2D eigenvalue weighted by Crippen LogP contribution is 2.37. The second-order valence-corrected chi connectivity index (χ2v) is 10.4. The summed E-state index contributed by atoms with van der Waals surface area (Å²) >= 11 is 1.81. The molecule has 0 spiro atoms. The fraction of sp³-hybridized carbons (Fsp3) is 0.588. The van der Waals surface area contributed by atoms with Crippen molar-refractivity contribution in [2.45, 2.75) is 36.0 Å². The highest BCUT2D eigenvalue weighted by atomic mass is 32.2. The van der Waals surface area contributed by atoms with Gasteiger partial charge in [-0.05, 0) is 32.0 Å². The number of thioether (sulfide) groups is 1. The molecule has 0 aliphatic carbocycles. The van der Waals surface area contributed by atoms with E-state index in [1.807, 2.05) is 46.8 Å². The average molecular weight is 369 g/mol. The Morgan fingerprint density at radius 2 is 2.08 bits per heavy atom. The summed E-state index contributed by atoms with van der Waals surface area (Å²) in [5.74, 6) is 0.445. The number of sulfone groups is 1. The van der Waals surface area contributed by atoms with Gasteiger partial charge in [0.1, 0.15) is 0 Å². The van der Waals surface area contributed by atoms with Crippen LogP contribution >= 0.6 is 11.8 Å².